The number of hydrogen-bond donors (Lipinski definition) is 2. The fraction of sp³-hybridized carbons (Fsp3) is 0.143. The van der Waals surface area contributed by atoms with Crippen molar-refractivity contribution >= 4 is 23.2 Å². The van der Waals surface area contributed by atoms with Gasteiger partial charge in [0.25, 0.3) is 0 Å². The molecule has 0 aliphatic carbocycles. The Morgan fingerprint density at radius 3 is 2.15 bits per heavy atom. The largest absolute Gasteiger partial charge is 0.271 e. The lowest BCUT2D eigenvalue weighted by Gasteiger charge is -2.17. The number of halogens is 4. The van der Waals surface area contributed by atoms with Gasteiger partial charge in [-0.3, -0.25) is 11.3 Å². The molecule has 2 nitrogen and oxygen atoms in total. The fourth-order valence-corrected chi connectivity index (χ4v) is 2.30. The summed E-state index contributed by atoms with van der Waals surface area (Å²) in [6.07, 6.45) is 0.471. The van der Waals surface area contributed by atoms with Crippen molar-refractivity contribution in [2.45, 2.75) is 12.5 Å². The summed E-state index contributed by atoms with van der Waals surface area (Å²) in [6.45, 7) is 0. The van der Waals surface area contributed by atoms with E-state index in [2.05, 4.69) is 5.43 Å². The first kappa shape index (κ1) is 15.2. The fourth-order valence-electron chi connectivity index (χ4n) is 1.90. The molecule has 2 rings (SSSR count). The minimum absolute atomic E-state index is 0.0277. The molecule has 0 saturated carbocycles. The second-order valence-electron chi connectivity index (χ2n) is 4.35. The van der Waals surface area contributed by atoms with Crippen LogP contribution in [0.25, 0.3) is 0 Å². The van der Waals surface area contributed by atoms with Crippen LogP contribution in [0.5, 0.6) is 0 Å². The van der Waals surface area contributed by atoms with Gasteiger partial charge in [-0.25, -0.2) is 8.78 Å². The maximum Gasteiger partial charge on any atom is 0.141 e. The molecule has 3 N–H and O–H groups in total. The lowest BCUT2D eigenvalue weighted by molar-refractivity contribution is 0.548. The highest BCUT2D eigenvalue weighted by Crippen LogP contribution is 2.24. The minimum atomic E-state index is -0.490. The van der Waals surface area contributed by atoms with Gasteiger partial charge in [0.05, 0.1) is 16.1 Å². The van der Waals surface area contributed by atoms with Crippen molar-refractivity contribution in [1.29, 1.82) is 0 Å². The summed E-state index contributed by atoms with van der Waals surface area (Å²) < 4.78 is 26.3. The molecule has 0 fully saturated rings. The Morgan fingerprint density at radius 2 is 1.60 bits per heavy atom. The molecule has 106 valence electrons. The van der Waals surface area contributed by atoms with Crippen LogP contribution in [0.15, 0.2) is 36.4 Å². The molecule has 0 heterocycles. The molecule has 0 aliphatic heterocycles. The lowest BCUT2D eigenvalue weighted by atomic mass is 9.99. The maximum atomic E-state index is 13.1. The maximum absolute atomic E-state index is 13.1. The Balaban J connectivity index is 2.23. The summed E-state index contributed by atoms with van der Waals surface area (Å²) in [6, 6.07) is 8.55. The predicted molar refractivity (Wildman–Crippen MR) is 76.6 cm³/mol. The van der Waals surface area contributed by atoms with Crippen LogP contribution in [-0.2, 0) is 6.42 Å². The second kappa shape index (κ2) is 6.50. The number of benzene rings is 2. The van der Waals surface area contributed by atoms with E-state index >= 15 is 0 Å². The van der Waals surface area contributed by atoms with Gasteiger partial charge in [0, 0.05) is 0 Å². The Labute approximate surface area is 125 Å². The van der Waals surface area contributed by atoms with E-state index in [4.69, 9.17) is 29.0 Å². The average Bonchev–Trinajstić information content (AvgIpc) is 2.43. The Morgan fingerprint density at radius 1 is 1.00 bits per heavy atom. The Kier molecular flexibility index (Phi) is 4.94. The normalized spacial score (nSPS) is 12.4. The molecule has 0 aromatic heterocycles. The number of nitrogens with one attached hydrogen (secondary N) is 1. The Hall–Kier alpha value is -1.20. The first-order chi connectivity index (χ1) is 9.51. The predicted octanol–water partition coefficient (Wildman–Crippen LogP) is 4.02. The highest BCUT2D eigenvalue weighted by Gasteiger charge is 2.13. The van der Waals surface area contributed by atoms with Crippen molar-refractivity contribution < 1.29 is 8.78 Å². The molecule has 0 aliphatic rings. The molecule has 0 radical (unpaired) electrons. The van der Waals surface area contributed by atoms with Crippen LogP contribution in [0.4, 0.5) is 8.78 Å². The zero-order chi connectivity index (χ0) is 14.7. The van der Waals surface area contributed by atoms with Crippen molar-refractivity contribution in [2.24, 2.45) is 5.84 Å². The molecule has 0 spiro atoms. The van der Waals surface area contributed by atoms with E-state index in [9.17, 15) is 8.78 Å². The van der Waals surface area contributed by atoms with E-state index in [1.807, 2.05) is 0 Å². The SMILES string of the molecule is NNC(Cc1ccc(F)c(Cl)c1)c1ccc(F)c(Cl)c1. The van der Waals surface area contributed by atoms with E-state index < -0.39 is 11.6 Å². The highest BCUT2D eigenvalue weighted by molar-refractivity contribution is 6.31. The summed E-state index contributed by atoms with van der Waals surface area (Å²) in [4.78, 5) is 0. The minimum Gasteiger partial charge on any atom is -0.271 e. The zero-order valence-corrected chi connectivity index (χ0v) is 11.8. The van der Waals surface area contributed by atoms with Crippen molar-refractivity contribution in [3.05, 3.63) is 69.2 Å². The van der Waals surface area contributed by atoms with Crippen molar-refractivity contribution in [2.75, 3.05) is 0 Å². The van der Waals surface area contributed by atoms with E-state index in [0.717, 1.165) is 11.1 Å². The van der Waals surface area contributed by atoms with Gasteiger partial charge in [-0.15, -0.1) is 0 Å². The molecule has 1 atom stereocenters. The summed E-state index contributed by atoms with van der Waals surface area (Å²) in [5.74, 6) is 4.55. The monoisotopic (exact) mass is 316 g/mol. The summed E-state index contributed by atoms with van der Waals surface area (Å²) in [7, 11) is 0. The van der Waals surface area contributed by atoms with Crippen LogP contribution in [0.2, 0.25) is 10.0 Å². The van der Waals surface area contributed by atoms with Crippen LogP contribution in [-0.4, -0.2) is 0 Å². The molecule has 0 saturated heterocycles. The van der Waals surface area contributed by atoms with Gasteiger partial charge in [-0.1, -0.05) is 35.3 Å². The van der Waals surface area contributed by atoms with Crippen LogP contribution >= 0.6 is 23.2 Å². The molecule has 0 bridgehead atoms. The van der Waals surface area contributed by atoms with Gasteiger partial charge in [-0.05, 0) is 41.8 Å². The molecular weight excluding hydrogens is 305 g/mol. The van der Waals surface area contributed by atoms with Gasteiger partial charge >= 0.3 is 0 Å². The molecule has 0 amide bonds. The van der Waals surface area contributed by atoms with E-state index in [1.54, 1.807) is 12.1 Å². The van der Waals surface area contributed by atoms with Crippen molar-refractivity contribution in [3.63, 3.8) is 0 Å². The number of hydrazine groups is 1. The number of nitrogens with two attached hydrogens (primary N) is 1. The number of rotatable bonds is 4. The van der Waals surface area contributed by atoms with Gasteiger partial charge in [0.15, 0.2) is 0 Å². The molecule has 20 heavy (non-hydrogen) atoms. The average molecular weight is 317 g/mol. The number of hydrogen-bond acceptors (Lipinski definition) is 2. The lowest BCUT2D eigenvalue weighted by Crippen LogP contribution is -2.29. The van der Waals surface area contributed by atoms with E-state index in [1.165, 1.54) is 24.3 Å². The third kappa shape index (κ3) is 3.46. The van der Waals surface area contributed by atoms with Gasteiger partial charge in [0.2, 0.25) is 0 Å². The van der Waals surface area contributed by atoms with Gasteiger partial charge in [0.1, 0.15) is 11.6 Å². The van der Waals surface area contributed by atoms with Crippen molar-refractivity contribution in [1.82, 2.24) is 5.43 Å². The second-order valence-corrected chi connectivity index (χ2v) is 5.16. The third-order valence-corrected chi connectivity index (χ3v) is 3.55. The molecule has 6 heteroatoms. The summed E-state index contributed by atoms with van der Waals surface area (Å²) in [5.41, 5.74) is 4.17. The zero-order valence-electron chi connectivity index (χ0n) is 10.3. The van der Waals surface area contributed by atoms with Crippen LogP contribution in [0.1, 0.15) is 17.2 Å². The third-order valence-electron chi connectivity index (χ3n) is 2.97. The standard InChI is InChI=1S/C14H12Cl2F2N2/c15-10-5-8(1-3-12(10)17)6-14(20-19)9-2-4-13(18)11(16)7-9/h1-5,7,14,20H,6,19H2. The van der Waals surface area contributed by atoms with E-state index in [0.29, 0.717) is 6.42 Å². The first-order valence-electron chi connectivity index (χ1n) is 5.86. The topological polar surface area (TPSA) is 38.0 Å². The summed E-state index contributed by atoms with van der Waals surface area (Å²) in [5, 5.41) is 0.0790. The van der Waals surface area contributed by atoms with Crippen LogP contribution in [0, 0.1) is 11.6 Å². The first-order valence-corrected chi connectivity index (χ1v) is 6.62. The van der Waals surface area contributed by atoms with Gasteiger partial charge in [-0.2, -0.15) is 0 Å². The highest BCUT2D eigenvalue weighted by atomic mass is 35.5. The quantitative estimate of drug-likeness (QED) is 0.660. The molecular formula is C14H12Cl2F2N2. The molecule has 1 unspecified atom stereocenters. The molecule has 2 aromatic rings. The Bertz CT molecular complexity index is 620. The van der Waals surface area contributed by atoms with E-state index in [-0.39, 0.29) is 16.1 Å². The van der Waals surface area contributed by atoms with Crippen molar-refractivity contribution in [3.8, 4) is 0 Å². The smallest absolute Gasteiger partial charge is 0.141 e. The van der Waals surface area contributed by atoms with Crippen LogP contribution < -0.4 is 11.3 Å². The molecule has 2 aromatic carbocycles. The summed E-state index contributed by atoms with van der Waals surface area (Å²) >= 11 is 11.5. The van der Waals surface area contributed by atoms with Crippen LogP contribution in [0.3, 0.4) is 0 Å². The van der Waals surface area contributed by atoms with Gasteiger partial charge < -0.3 is 0 Å².